The lowest BCUT2D eigenvalue weighted by Gasteiger charge is -2.24. The summed E-state index contributed by atoms with van der Waals surface area (Å²) in [5, 5.41) is 9.42. The van der Waals surface area contributed by atoms with Crippen LogP contribution in [0.15, 0.2) is 18.2 Å². The Morgan fingerprint density at radius 2 is 1.93 bits per heavy atom. The zero-order valence-corrected chi connectivity index (χ0v) is 17.6. The molecule has 2 unspecified atom stereocenters. The van der Waals surface area contributed by atoms with Gasteiger partial charge >= 0.3 is 8.69 Å². The smallest absolute Gasteiger partial charge is 0.493 e. The topological polar surface area (TPSA) is 81.8 Å². The normalized spacial score (nSPS) is 13.8. The third kappa shape index (κ3) is 9.37. The second-order valence-corrected chi connectivity index (χ2v) is 7.64. The summed E-state index contributed by atoms with van der Waals surface area (Å²) in [6.45, 7) is 2.18. The molecule has 0 aliphatic heterocycles. The van der Waals surface area contributed by atoms with Crippen LogP contribution in [0.4, 0.5) is 8.78 Å². The number of hydrogen-bond acceptors (Lipinski definition) is 5. The molecule has 5 nitrogen and oxygen atoms in total. The standard InChI is InChI=1S/C20H33F2NO4P/c1-2-3-4-5-6-7-12-26-18-9-8-16(13-17(18)19(21)22)10-11-20(23,14-24)15-27-28-25/h8-9,13,19,24,28H,2-7,10-12,14-15,23H2,1H3/q+1. The van der Waals surface area contributed by atoms with Gasteiger partial charge in [0, 0.05) is 0 Å². The molecule has 160 valence electrons. The lowest BCUT2D eigenvalue weighted by molar-refractivity contribution is 0.133. The maximum atomic E-state index is 13.4. The van der Waals surface area contributed by atoms with Gasteiger partial charge in [-0.1, -0.05) is 45.1 Å². The molecule has 0 spiro atoms. The van der Waals surface area contributed by atoms with E-state index in [9.17, 15) is 18.5 Å². The molecule has 2 atom stereocenters. The van der Waals surface area contributed by atoms with Gasteiger partial charge in [0.25, 0.3) is 6.43 Å². The SMILES string of the molecule is CCCCCCCCOc1ccc(CCC(N)(CO)CO[PH+]=O)cc1C(F)F. The fraction of sp³-hybridized carbons (Fsp3) is 0.700. The monoisotopic (exact) mass is 420 g/mol. The number of aryl methyl sites for hydroxylation is 1. The van der Waals surface area contributed by atoms with Crippen LogP contribution in [0.1, 0.15) is 69.4 Å². The van der Waals surface area contributed by atoms with Gasteiger partial charge in [-0.05, 0) is 41.5 Å². The number of ether oxygens (including phenoxy) is 1. The van der Waals surface area contributed by atoms with Gasteiger partial charge in [0.05, 0.1) is 24.3 Å². The van der Waals surface area contributed by atoms with Crippen LogP contribution in [-0.4, -0.2) is 30.5 Å². The van der Waals surface area contributed by atoms with E-state index < -0.39 is 20.7 Å². The molecule has 8 heteroatoms. The number of hydrogen-bond donors (Lipinski definition) is 2. The predicted octanol–water partition coefficient (Wildman–Crippen LogP) is 4.94. The first-order valence-corrected chi connectivity index (χ1v) is 10.7. The summed E-state index contributed by atoms with van der Waals surface area (Å²) >= 11 is 0. The summed E-state index contributed by atoms with van der Waals surface area (Å²) < 4.78 is 47.7. The number of alkyl halides is 2. The van der Waals surface area contributed by atoms with Crippen molar-refractivity contribution in [3.63, 3.8) is 0 Å². The van der Waals surface area contributed by atoms with Gasteiger partial charge in [0.2, 0.25) is 0 Å². The van der Waals surface area contributed by atoms with E-state index >= 15 is 0 Å². The Morgan fingerprint density at radius 1 is 1.21 bits per heavy atom. The Hall–Kier alpha value is -1.14. The van der Waals surface area contributed by atoms with E-state index in [0.29, 0.717) is 25.0 Å². The molecule has 0 saturated heterocycles. The van der Waals surface area contributed by atoms with E-state index in [0.717, 1.165) is 19.3 Å². The molecule has 0 aliphatic rings. The summed E-state index contributed by atoms with van der Waals surface area (Å²) in [5.41, 5.74) is 5.48. The van der Waals surface area contributed by atoms with Crippen LogP contribution in [0.5, 0.6) is 5.75 Å². The van der Waals surface area contributed by atoms with E-state index in [4.69, 9.17) is 15.0 Å². The first-order valence-electron chi connectivity index (χ1n) is 9.88. The van der Waals surface area contributed by atoms with E-state index in [1.165, 1.54) is 25.3 Å². The lowest BCUT2D eigenvalue weighted by Crippen LogP contribution is -2.47. The van der Waals surface area contributed by atoms with Gasteiger partial charge < -0.3 is 15.6 Å². The Kier molecular flexibility index (Phi) is 12.4. The van der Waals surface area contributed by atoms with Gasteiger partial charge in [-0.15, -0.1) is 4.52 Å². The quantitative estimate of drug-likeness (QED) is 0.292. The first kappa shape index (κ1) is 24.9. The average molecular weight is 420 g/mol. The molecule has 1 rings (SSSR count). The molecular weight excluding hydrogens is 387 g/mol. The highest BCUT2D eigenvalue weighted by Crippen LogP contribution is 2.31. The average Bonchev–Trinajstić information content (AvgIpc) is 2.70. The summed E-state index contributed by atoms with van der Waals surface area (Å²) in [6, 6.07) is 4.73. The summed E-state index contributed by atoms with van der Waals surface area (Å²) in [5.74, 6) is 0.212. The number of unbranched alkanes of at least 4 members (excludes halogenated alkanes) is 5. The summed E-state index contributed by atoms with van der Waals surface area (Å²) in [4.78, 5) is 0. The molecule has 0 aliphatic carbocycles. The molecule has 3 N–H and O–H groups in total. The Morgan fingerprint density at radius 3 is 2.57 bits per heavy atom. The van der Waals surface area contributed by atoms with Gasteiger partial charge in [0.15, 0.2) is 0 Å². The fourth-order valence-electron chi connectivity index (χ4n) is 2.88. The molecule has 28 heavy (non-hydrogen) atoms. The second kappa shape index (κ2) is 13.9. The van der Waals surface area contributed by atoms with Crippen LogP contribution >= 0.6 is 8.69 Å². The number of aliphatic hydroxyl groups excluding tert-OH is 1. The van der Waals surface area contributed by atoms with Crippen molar-refractivity contribution in [2.75, 3.05) is 19.8 Å². The van der Waals surface area contributed by atoms with Crippen molar-refractivity contribution in [2.45, 2.75) is 70.3 Å². The van der Waals surface area contributed by atoms with Crippen LogP contribution in [-0.2, 0) is 15.5 Å². The Labute approximate surface area is 167 Å². The van der Waals surface area contributed by atoms with Crippen LogP contribution in [0.25, 0.3) is 0 Å². The van der Waals surface area contributed by atoms with Crippen molar-refractivity contribution >= 4 is 8.69 Å². The van der Waals surface area contributed by atoms with Crippen LogP contribution in [0, 0.1) is 0 Å². The highest BCUT2D eigenvalue weighted by atomic mass is 31.1. The molecule has 1 aromatic carbocycles. The predicted molar refractivity (Wildman–Crippen MR) is 108 cm³/mol. The van der Waals surface area contributed by atoms with Crippen molar-refractivity contribution < 1.29 is 27.7 Å². The van der Waals surface area contributed by atoms with E-state index in [-0.39, 0.29) is 24.5 Å². The van der Waals surface area contributed by atoms with Crippen molar-refractivity contribution in [3.8, 4) is 5.75 Å². The molecule has 0 amide bonds. The largest absolute Gasteiger partial charge is 0.494 e. The molecule has 0 bridgehead atoms. The number of nitrogens with two attached hydrogens (primary N) is 1. The molecule has 0 aromatic heterocycles. The van der Waals surface area contributed by atoms with Crippen molar-refractivity contribution in [1.82, 2.24) is 0 Å². The maximum absolute atomic E-state index is 13.4. The zero-order valence-electron chi connectivity index (χ0n) is 16.6. The van der Waals surface area contributed by atoms with Crippen LogP contribution < -0.4 is 10.5 Å². The Balaban J connectivity index is 2.60. The molecular formula is C20H33F2NO4P+. The molecule has 0 fully saturated rings. The molecule has 0 heterocycles. The third-order valence-corrected chi connectivity index (χ3v) is 4.97. The van der Waals surface area contributed by atoms with Crippen molar-refractivity contribution in [2.24, 2.45) is 5.73 Å². The van der Waals surface area contributed by atoms with E-state index in [1.807, 2.05) is 0 Å². The highest BCUT2D eigenvalue weighted by Gasteiger charge is 2.26. The minimum atomic E-state index is -2.63. The van der Waals surface area contributed by atoms with Crippen LogP contribution in [0.3, 0.4) is 0 Å². The summed E-state index contributed by atoms with van der Waals surface area (Å²) in [7, 11) is -0.960. The van der Waals surface area contributed by atoms with Gasteiger partial charge in [-0.25, -0.2) is 8.78 Å². The molecule has 0 saturated carbocycles. The Bertz CT molecular complexity index is 577. The van der Waals surface area contributed by atoms with Crippen LogP contribution in [0.2, 0.25) is 0 Å². The van der Waals surface area contributed by atoms with Crippen molar-refractivity contribution in [3.05, 3.63) is 29.3 Å². The minimum absolute atomic E-state index is 0.0629. The zero-order chi connectivity index (χ0) is 20.8. The number of benzene rings is 1. The third-order valence-electron chi connectivity index (χ3n) is 4.71. The van der Waals surface area contributed by atoms with E-state index in [2.05, 4.69) is 6.92 Å². The minimum Gasteiger partial charge on any atom is -0.493 e. The maximum Gasteiger partial charge on any atom is 0.494 e. The van der Waals surface area contributed by atoms with Gasteiger partial charge in [-0.2, -0.15) is 0 Å². The number of aliphatic hydroxyl groups is 1. The van der Waals surface area contributed by atoms with Crippen molar-refractivity contribution in [1.29, 1.82) is 0 Å². The molecule has 1 aromatic rings. The number of rotatable bonds is 16. The second-order valence-electron chi connectivity index (χ2n) is 7.18. The highest BCUT2D eigenvalue weighted by molar-refractivity contribution is 7.17. The molecule has 0 radical (unpaired) electrons. The van der Waals surface area contributed by atoms with Gasteiger partial charge in [-0.3, -0.25) is 0 Å². The summed E-state index contributed by atoms with van der Waals surface area (Å²) in [6.07, 6.45) is 4.70. The fourth-order valence-corrected chi connectivity index (χ4v) is 3.23. The van der Waals surface area contributed by atoms with E-state index in [1.54, 1.807) is 12.1 Å². The lowest BCUT2D eigenvalue weighted by atomic mass is 9.93. The van der Waals surface area contributed by atoms with Gasteiger partial charge in [0.1, 0.15) is 12.4 Å². The number of halogens is 2. The first-order chi connectivity index (χ1) is 13.5.